The Kier molecular flexibility index (Phi) is 10.2. The van der Waals surface area contributed by atoms with E-state index in [0.29, 0.717) is 46.5 Å². The summed E-state index contributed by atoms with van der Waals surface area (Å²) in [5.74, 6) is -1.20. The van der Waals surface area contributed by atoms with Gasteiger partial charge in [0.05, 0.1) is 25.0 Å². The van der Waals surface area contributed by atoms with Gasteiger partial charge in [-0.3, -0.25) is 9.59 Å². The van der Waals surface area contributed by atoms with Crippen molar-refractivity contribution in [1.82, 2.24) is 5.43 Å². The summed E-state index contributed by atoms with van der Waals surface area (Å²) in [4.78, 5) is 36.8. The number of hydrogen-bond donors (Lipinski definition) is 2. The van der Waals surface area contributed by atoms with Gasteiger partial charge in [-0.1, -0.05) is 24.6 Å². The predicted octanol–water partition coefficient (Wildman–Crippen LogP) is 5.14. The van der Waals surface area contributed by atoms with Gasteiger partial charge in [-0.05, 0) is 86.0 Å². The second-order valence-corrected chi connectivity index (χ2v) is 8.43. The number of aryl methyl sites for hydroxylation is 1. The average Bonchev–Trinajstić information content (AvgIpc) is 2.91. The number of benzene rings is 3. The average molecular weight is 538 g/mol. The molecule has 3 aromatic carbocycles. The molecule has 0 saturated heterocycles. The number of hydrogen-bond acceptors (Lipinski definition) is 7. The van der Waals surface area contributed by atoms with Gasteiger partial charge in [0.15, 0.2) is 11.5 Å². The molecule has 3 rings (SSSR count). The lowest BCUT2D eigenvalue weighted by atomic mass is 10.2. The molecular formula is C28H28ClN3O6. The number of nitrogens with one attached hydrogen (secondary N) is 2. The van der Waals surface area contributed by atoms with Gasteiger partial charge >= 0.3 is 17.8 Å². The summed E-state index contributed by atoms with van der Waals surface area (Å²) in [5.41, 5.74) is 4.29. The Morgan fingerprint density at radius 2 is 1.68 bits per heavy atom. The number of hydrazone groups is 1. The molecule has 9 nitrogen and oxygen atoms in total. The molecule has 0 bridgehead atoms. The van der Waals surface area contributed by atoms with Crippen LogP contribution >= 0.6 is 11.6 Å². The van der Waals surface area contributed by atoms with Crippen molar-refractivity contribution in [3.05, 3.63) is 82.4 Å². The van der Waals surface area contributed by atoms with Crippen LogP contribution in [0.1, 0.15) is 41.8 Å². The molecule has 0 saturated carbocycles. The first-order valence-electron chi connectivity index (χ1n) is 11.9. The first-order valence-corrected chi connectivity index (χ1v) is 12.3. The lowest BCUT2D eigenvalue weighted by Gasteiger charge is -2.12. The number of carbonyl (C=O) groups is 3. The zero-order valence-corrected chi connectivity index (χ0v) is 22.0. The van der Waals surface area contributed by atoms with Gasteiger partial charge in [0, 0.05) is 10.7 Å². The Morgan fingerprint density at radius 3 is 2.37 bits per heavy atom. The third-order valence-electron chi connectivity index (χ3n) is 5.05. The molecule has 0 radical (unpaired) electrons. The molecule has 0 aliphatic heterocycles. The van der Waals surface area contributed by atoms with E-state index in [4.69, 9.17) is 25.8 Å². The maximum atomic E-state index is 12.6. The van der Waals surface area contributed by atoms with Gasteiger partial charge < -0.3 is 19.5 Å². The molecule has 2 amide bonds. The van der Waals surface area contributed by atoms with E-state index in [0.717, 1.165) is 12.0 Å². The number of anilines is 1. The molecule has 0 spiro atoms. The normalized spacial score (nSPS) is 10.6. The molecule has 0 fully saturated rings. The largest absolute Gasteiger partial charge is 0.494 e. The van der Waals surface area contributed by atoms with Crippen molar-refractivity contribution in [2.45, 2.75) is 27.2 Å². The fraction of sp³-hybridized carbons (Fsp3) is 0.214. The Labute approximate surface area is 225 Å². The molecular weight excluding hydrogens is 510 g/mol. The molecule has 0 aliphatic rings. The number of nitrogens with zero attached hydrogens (tertiary/aromatic N) is 1. The van der Waals surface area contributed by atoms with Gasteiger partial charge in [-0.2, -0.15) is 5.10 Å². The van der Waals surface area contributed by atoms with E-state index in [1.54, 1.807) is 67.6 Å². The highest BCUT2D eigenvalue weighted by atomic mass is 35.5. The summed E-state index contributed by atoms with van der Waals surface area (Å²) in [6, 6.07) is 16.3. The Hall–Kier alpha value is -4.37. The molecule has 2 N–H and O–H groups in total. The van der Waals surface area contributed by atoms with Crippen molar-refractivity contribution in [1.29, 1.82) is 0 Å². The van der Waals surface area contributed by atoms with Crippen LogP contribution in [0.25, 0.3) is 0 Å². The smallest absolute Gasteiger partial charge is 0.343 e. The van der Waals surface area contributed by atoms with Crippen molar-refractivity contribution in [3.63, 3.8) is 0 Å². The highest BCUT2D eigenvalue weighted by Gasteiger charge is 2.15. The van der Waals surface area contributed by atoms with Crippen LogP contribution in [0.4, 0.5) is 5.69 Å². The summed E-state index contributed by atoms with van der Waals surface area (Å²) in [7, 11) is 0. The van der Waals surface area contributed by atoms with Gasteiger partial charge in [0.2, 0.25) is 0 Å². The van der Waals surface area contributed by atoms with Crippen molar-refractivity contribution >= 4 is 41.3 Å². The Morgan fingerprint density at radius 1 is 0.921 bits per heavy atom. The van der Waals surface area contributed by atoms with Gasteiger partial charge in [0.25, 0.3) is 0 Å². The second kappa shape index (κ2) is 13.8. The number of amides is 2. The Bertz CT molecular complexity index is 1320. The van der Waals surface area contributed by atoms with Crippen molar-refractivity contribution in [2.24, 2.45) is 5.10 Å². The molecule has 0 heterocycles. The molecule has 0 unspecified atom stereocenters. The zero-order valence-electron chi connectivity index (χ0n) is 21.2. The summed E-state index contributed by atoms with van der Waals surface area (Å²) in [6.45, 7) is 6.55. The number of esters is 1. The maximum absolute atomic E-state index is 12.6. The predicted molar refractivity (Wildman–Crippen MR) is 145 cm³/mol. The van der Waals surface area contributed by atoms with Crippen LogP contribution in [-0.4, -0.2) is 37.2 Å². The van der Waals surface area contributed by atoms with Crippen LogP contribution in [0, 0.1) is 6.92 Å². The zero-order chi connectivity index (χ0) is 27.5. The minimum absolute atomic E-state index is 0.223. The standard InChI is InChI=1S/C28H28ClN3O6/c1-4-14-37-22-11-8-20(9-12-22)28(35)38-24-13-7-19(15-25(24)36-5-2)17-30-32-27(34)26(33)31-21-10-6-18(3)23(29)16-21/h6-13,15-17H,4-5,14H2,1-3H3,(H,31,33)(H,32,34)/b30-17+. The fourth-order valence-electron chi connectivity index (χ4n) is 3.10. The highest BCUT2D eigenvalue weighted by Crippen LogP contribution is 2.29. The molecule has 198 valence electrons. The quantitative estimate of drug-likeness (QED) is 0.122. The summed E-state index contributed by atoms with van der Waals surface area (Å²) in [5, 5.41) is 6.74. The van der Waals surface area contributed by atoms with Crippen LogP contribution in [0.2, 0.25) is 5.02 Å². The third kappa shape index (κ3) is 8.07. The van der Waals surface area contributed by atoms with Crippen LogP contribution in [0.15, 0.2) is 65.8 Å². The van der Waals surface area contributed by atoms with E-state index in [1.165, 1.54) is 6.21 Å². The number of carbonyl (C=O) groups excluding carboxylic acids is 3. The minimum atomic E-state index is -0.959. The first kappa shape index (κ1) is 28.2. The second-order valence-electron chi connectivity index (χ2n) is 8.02. The van der Waals surface area contributed by atoms with Crippen molar-refractivity contribution in [3.8, 4) is 17.2 Å². The van der Waals surface area contributed by atoms with Crippen LogP contribution in [-0.2, 0) is 9.59 Å². The number of rotatable bonds is 10. The van der Waals surface area contributed by atoms with Crippen molar-refractivity contribution < 1.29 is 28.6 Å². The van der Waals surface area contributed by atoms with Gasteiger partial charge in [-0.25, -0.2) is 10.2 Å². The maximum Gasteiger partial charge on any atom is 0.343 e. The van der Waals surface area contributed by atoms with Crippen LogP contribution in [0.3, 0.4) is 0 Å². The van der Waals surface area contributed by atoms with E-state index in [-0.39, 0.29) is 5.75 Å². The molecule has 10 heteroatoms. The monoisotopic (exact) mass is 537 g/mol. The van der Waals surface area contributed by atoms with Gasteiger partial charge in [-0.15, -0.1) is 0 Å². The van der Waals surface area contributed by atoms with E-state index < -0.39 is 17.8 Å². The third-order valence-corrected chi connectivity index (χ3v) is 5.46. The van der Waals surface area contributed by atoms with Crippen LogP contribution < -0.4 is 25.0 Å². The minimum Gasteiger partial charge on any atom is -0.494 e. The van der Waals surface area contributed by atoms with E-state index in [1.807, 2.05) is 13.8 Å². The van der Waals surface area contributed by atoms with Crippen molar-refractivity contribution in [2.75, 3.05) is 18.5 Å². The number of halogens is 1. The van der Waals surface area contributed by atoms with E-state index >= 15 is 0 Å². The molecule has 38 heavy (non-hydrogen) atoms. The first-order chi connectivity index (χ1) is 18.3. The van der Waals surface area contributed by atoms with E-state index in [2.05, 4.69) is 15.8 Å². The number of ether oxygens (including phenoxy) is 3. The molecule has 0 aliphatic carbocycles. The fourth-order valence-corrected chi connectivity index (χ4v) is 3.28. The molecule has 0 atom stereocenters. The Balaban J connectivity index is 1.61. The van der Waals surface area contributed by atoms with E-state index in [9.17, 15) is 14.4 Å². The SMILES string of the molecule is CCCOc1ccc(C(=O)Oc2ccc(/C=N/NC(=O)C(=O)Nc3ccc(C)c(Cl)c3)cc2OCC)cc1. The lowest BCUT2D eigenvalue weighted by Crippen LogP contribution is -2.32. The summed E-state index contributed by atoms with van der Waals surface area (Å²) in [6.07, 6.45) is 2.22. The highest BCUT2D eigenvalue weighted by molar-refractivity contribution is 6.39. The summed E-state index contributed by atoms with van der Waals surface area (Å²) >= 11 is 6.04. The van der Waals surface area contributed by atoms with Gasteiger partial charge in [0.1, 0.15) is 5.75 Å². The molecule has 3 aromatic rings. The summed E-state index contributed by atoms with van der Waals surface area (Å²) < 4.78 is 16.7. The molecule has 0 aromatic heterocycles. The van der Waals surface area contributed by atoms with Crippen LogP contribution in [0.5, 0.6) is 17.2 Å². The lowest BCUT2D eigenvalue weighted by molar-refractivity contribution is -0.136. The topological polar surface area (TPSA) is 115 Å².